The van der Waals surface area contributed by atoms with Crippen molar-refractivity contribution >= 4 is 41.5 Å². The largest absolute Gasteiger partial charge is 0.347 e. The molecule has 2 rings (SSSR count). The van der Waals surface area contributed by atoms with Crippen molar-refractivity contribution in [3.8, 4) is 0 Å². The van der Waals surface area contributed by atoms with E-state index in [0.717, 1.165) is 10.5 Å². The molecule has 0 fully saturated rings. The second kappa shape index (κ2) is 5.73. The summed E-state index contributed by atoms with van der Waals surface area (Å²) >= 11 is 11.1. The first kappa shape index (κ1) is 13.4. The van der Waals surface area contributed by atoms with Gasteiger partial charge in [0, 0.05) is 16.8 Å². The van der Waals surface area contributed by atoms with Gasteiger partial charge < -0.3 is 5.32 Å². The Morgan fingerprint density at radius 1 is 1.44 bits per heavy atom. The van der Waals surface area contributed by atoms with E-state index in [1.165, 1.54) is 23.5 Å². The smallest absolute Gasteiger partial charge is 0.261 e. The molecule has 1 amide bonds. The molecule has 1 N–H and O–H groups in total. The van der Waals surface area contributed by atoms with E-state index in [0.29, 0.717) is 11.4 Å². The number of amides is 1. The number of thiophene rings is 1. The van der Waals surface area contributed by atoms with Crippen molar-refractivity contribution in [3.63, 3.8) is 0 Å². The minimum absolute atomic E-state index is 0.0514. The standard InChI is InChI=1S/C12H9ClFNOS2/c13-9-3-7(1-2-10(9)14)5-15-12(16)11-4-8(17)6-18-11/h1-4,6,17H,5H2,(H,15,16). The van der Waals surface area contributed by atoms with E-state index in [1.54, 1.807) is 17.5 Å². The van der Waals surface area contributed by atoms with Gasteiger partial charge in [-0.15, -0.1) is 24.0 Å². The zero-order valence-electron chi connectivity index (χ0n) is 9.11. The summed E-state index contributed by atoms with van der Waals surface area (Å²) in [7, 11) is 0. The molecule has 0 unspecified atom stereocenters. The number of carbonyl (C=O) groups excluding carboxylic acids is 1. The predicted molar refractivity (Wildman–Crippen MR) is 74.2 cm³/mol. The molecular formula is C12H9ClFNOS2. The molecule has 2 aromatic rings. The summed E-state index contributed by atoms with van der Waals surface area (Å²) in [4.78, 5) is 13.1. The van der Waals surface area contributed by atoms with Gasteiger partial charge in [-0.1, -0.05) is 17.7 Å². The highest BCUT2D eigenvalue weighted by molar-refractivity contribution is 7.80. The monoisotopic (exact) mass is 301 g/mol. The van der Waals surface area contributed by atoms with Gasteiger partial charge >= 0.3 is 0 Å². The van der Waals surface area contributed by atoms with Crippen LogP contribution in [-0.4, -0.2) is 5.91 Å². The van der Waals surface area contributed by atoms with E-state index in [1.807, 2.05) is 0 Å². The highest BCUT2D eigenvalue weighted by Gasteiger charge is 2.08. The summed E-state index contributed by atoms with van der Waals surface area (Å²) in [5.41, 5.74) is 0.748. The van der Waals surface area contributed by atoms with Gasteiger partial charge in [-0.2, -0.15) is 0 Å². The Morgan fingerprint density at radius 2 is 2.22 bits per heavy atom. The van der Waals surface area contributed by atoms with Gasteiger partial charge in [0.2, 0.25) is 0 Å². The van der Waals surface area contributed by atoms with E-state index in [2.05, 4.69) is 17.9 Å². The number of benzene rings is 1. The zero-order chi connectivity index (χ0) is 13.1. The van der Waals surface area contributed by atoms with Crippen LogP contribution in [0.3, 0.4) is 0 Å². The van der Waals surface area contributed by atoms with Crippen LogP contribution in [0.25, 0.3) is 0 Å². The number of rotatable bonds is 3. The van der Waals surface area contributed by atoms with Crippen molar-refractivity contribution in [1.82, 2.24) is 5.32 Å². The molecule has 0 aliphatic heterocycles. The number of halogens is 2. The van der Waals surface area contributed by atoms with Crippen LogP contribution in [-0.2, 0) is 6.54 Å². The molecule has 0 aliphatic carbocycles. The van der Waals surface area contributed by atoms with Gasteiger partial charge in [-0.3, -0.25) is 4.79 Å². The molecule has 18 heavy (non-hydrogen) atoms. The first-order valence-corrected chi connectivity index (χ1v) is 6.76. The summed E-state index contributed by atoms with van der Waals surface area (Å²) in [5, 5.41) is 4.57. The van der Waals surface area contributed by atoms with Crippen LogP contribution < -0.4 is 5.32 Å². The van der Waals surface area contributed by atoms with E-state index in [9.17, 15) is 9.18 Å². The maximum Gasteiger partial charge on any atom is 0.261 e. The van der Waals surface area contributed by atoms with Crippen LogP contribution in [0.15, 0.2) is 34.5 Å². The molecule has 0 aliphatic rings. The average Bonchev–Trinajstić information content (AvgIpc) is 2.77. The fourth-order valence-corrected chi connectivity index (χ4v) is 2.63. The summed E-state index contributed by atoms with van der Waals surface area (Å²) in [6.45, 7) is 0.304. The predicted octanol–water partition coefficient (Wildman–Crippen LogP) is 3.76. The summed E-state index contributed by atoms with van der Waals surface area (Å²) in [5.74, 6) is -0.648. The van der Waals surface area contributed by atoms with Crippen LogP contribution in [0.1, 0.15) is 15.2 Å². The Morgan fingerprint density at radius 3 is 2.83 bits per heavy atom. The third-order valence-corrected chi connectivity index (χ3v) is 3.90. The van der Waals surface area contributed by atoms with E-state index < -0.39 is 5.82 Å². The first-order valence-electron chi connectivity index (χ1n) is 5.06. The number of hydrogen-bond donors (Lipinski definition) is 2. The summed E-state index contributed by atoms with van der Waals surface area (Å²) in [6.07, 6.45) is 0. The molecular weight excluding hydrogens is 293 g/mol. The average molecular weight is 302 g/mol. The molecule has 0 saturated carbocycles. The maximum absolute atomic E-state index is 12.9. The van der Waals surface area contributed by atoms with E-state index in [4.69, 9.17) is 11.6 Å². The van der Waals surface area contributed by atoms with Gasteiger partial charge in [0.05, 0.1) is 9.90 Å². The van der Waals surface area contributed by atoms with Gasteiger partial charge in [0.1, 0.15) is 5.82 Å². The van der Waals surface area contributed by atoms with Crippen molar-refractivity contribution in [1.29, 1.82) is 0 Å². The van der Waals surface area contributed by atoms with Crippen molar-refractivity contribution in [2.24, 2.45) is 0 Å². The van der Waals surface area contributed by atoms with Crippen molar-refractivity contribution in [2.45, 2.75) is 11.4 Å². The Balaban J connectivity index is 1.99. The SMILES string of the molecule is O=C(NCc1ccc(F)c(Cl)c1)c1cc(S)cs1. The number of nitrogens with one attached hydrogen (secondary N) is 1. The van der Waals surface area contributed by atoms with E-state index >= 15 is 0 Å². The second-order valence-corrected chi connectivity index (χ2v) is 5.44. The maximum atomic E-state index is 12.9. The molecule has 0 spiro atoms. The number of thiol groups is 1. The third-order valence-electron chi connectivity index (χ3n) is 2.25. The molecule has 1 heterocycles. The van der Waals surface area contributed by atoms with Crippen molar-refractivity contribution < 1.29 is 9.18 Å². The first-order chi connectivity index (χ1) is 8.56. The Bertz CT molecular complexity index is 585. The van der Waals surface area contributed by atoms with Crippen LogP contribution >= 0.6 is 35.6 Å². The molecule has 1 aromatic carbocycles. The molecule has 2 nitrogen and oxygen atoms in total. The minimum Gasteiger partial charge on any atom is -0.347 e. The quantitative estimate of drug-likeness (QED) is 0.831. The molecule has 0 bridgehead atoms. The third kappa shape index (κ3) is 3.25. The van der Waals surface area contributed by atoms with Gasteiger partial charge in [-0.25, -0.2) is 4.39 Å². The Hall–Kier alpha value is -1.04. The van der Waals surface area contributed by atoms with Crippen molar-refractivity contribution in [2.75, 3.05) is 0 Å². The van der Waals surface area contributed by atoms with Gasteiger partial charge in [0.25, 0.3) is 5.91 Å². The second-order valence-electron chi connectivity index (χ2n) is 3.60. The lowest BCUT2D eigenvalue weighted by molar-refractivity contribution is 0.0955. The molecule has 6 heteroatoms. The van der Waals surface area contributed by atoms with Crippen LogP contribution in [0.5, 0.6) is 0 Å². The zero-order valence-corrected chi connectivity index (χ0v) is 11.6. The number of carbonyl (C=O) groups is 1. The fourth-order valence-electron chi connectivity index (χ4n) is 1.36. The highest BCUT2D eigenvalue weighted by Crippen LogP contribution is 2.18. The topological polar surface area (TPSA) is 29.1 Å². The normalized spacial score (nSPS) is 10.4. The lowest BCUT2D eigenvalue weighted by Crippen LogP contribution is -2.21. The van der Waals surface area contributed by atoms with Crippen LogP contribution in [0.4, 0.5) is 4.39 Å². The molecule has 0 saturated heterocycles. The highest BCUT2D eigenvalue weighted by atomic mass is 35.5. The number of hydrogen-bond acceptors (Lipinski definition) is 3. The lowest BCUT2D eigenvalue weighted by Gasteiger charge is -2.04. The fraction of sp³-hybridized carbons (Fsp3) is 0.0833. The molecule has 1 aromatic heterocycles. The molecule has 0 atom stereocenters. The molecule has 0 radical (unpaired) electrons. The molecule has 94 valence electrons. The van der Waals surface area contributed by atoms with Gasteiger partial charge in [-0.05, 0) is 23.8 Å². The van der Waals surface area contributed by atoms with Crippen molar-refractivity contribution in [3.05, 3.63) is 50.9 Å². The van der Waals surface area contributed by atoms with Gasteiger partial charge in [0.15, 0.2) is 0 Å². The summed E-state index contributed by atoms with van der Waals surface area (Å²) < 4.78 is 12.9. The van der Waals surface area contributed by atoms with Crippen LogP contribution in [0.2, 0.25) is 5.02 Å². The lowest BCUT2D eigenvalue weighted by atomic mass is 10.2. The van der Waals surface area contributed by atoms with E-state index in [-0.39, 0.29) is 10.9 Å². The minimum atomic E-state index is -0.468. The Labute approximate surface area is 118 Å². The van der Waals surface area contributed by atoms with Crippen LogP contribution in [0, 0.1) is 5.82 Å². The Kier molecular flexibility index (Phi) is 4.27. The summed E-state index contributed by atoms with van der Waals surface area (Å²) in [6, 6.07) is 6.05.